The maximum Gasteiger partial charge on any atom is 0.333 e. The van der Waals surface area contributed by atoms with Gasteiger partial charge in [0, 0.05) is 6.54 Å². The SMILES string of the molecule is O=c1[nH]c(=O)n(CCCCCCS)c(=O)[nH]1. The number of hydrogen-bond donors (Lipinski definition) is 3. The van der Waals surface area contributed by atoms with Crippen molar-refractivity contribution in [2.75, 3.05) is 5.75 Å². The minimum absolute atomic E-state index is 0.331. The number of thiol groups is 1. The summed E-state index contributed by atoms with van der Waals surface area (Å²) >= 11 is 4.09. The Balaban J connectivity index is 2.58. The van der Waals surface area contributed by atoms with Crippen molar-refractivity contribution in [1.29, 1.82) is 0 Å². The van der Waals surface area contributed by atoms with E-state index in [2.05, 4.69) is 12.6 Å². The molecule has 0 aliphatic rings. The molecule has 0 saturated heterocycles. The van der Waals surface area contributed by atoms with E-state index in [0.29, 0.717) is 6.54 Å². The molecule has 1 aromatic heterocycles. The van der Waals surface area contributed by atoms with Gasteiger partial charge >= 0.3 is 17.1 Å². The zero-order chi connectivity index (χ0) is 12.0. The first-order valence-electron chi connectivity index (χ1n) is 5.19. The lowest BCUT2D eigenvalue weighted by atomic mass is 10.2. The highest BCUT2D eigenvalue weighted by molar-refractivity contribution is 7.80. The molecule has 16 heavy (non-hydrogen) atoms. The molecule has 1 aromatic rings. The number of nitrogens with one attached hydrogen (secondary N) is 2. The Morgan fingerprint density at radius 1 is 0.938 bits per heavy atom. The topological polar surface area (TPSA) is 87.7 Å². The van der Waals surface area contributed by atoms with E-state index in [-0.39, 0.29) is 0 Å². The van der Waals surface area contributed by atoms with Gasteiger partial charge in [-0.05, 0) is 18.6 Å². The fourth-order valence-corrected chi connectivity index (χ4v) is 1.61. The molecular weight excluding hydrogens is 230 g/mol. The normalized spacial score (nSPS) is 10.6. The van der Waals surface area contributed by atoms with Crippen LogP contribution in [-0.4, -0.2) is 20.3 Å². The first kappa shape index (κ1) is 12.8. The molecule has 0 aromatic carbocycles. The van der Waals surface area contributed by atoms with Crippen molar-refractivity contribution in [2.45, 2.75) is 32.2 Å². The zero-order valence-electron chi connectivity index (χ0n) is 8.86. The van der Waals surface area contributed by atoms with E-state index in [1.807, 2.05) is 9.97 Å². The predicted octanol–water partition coefficient (Wildman–Crippen LogP) is -0.285. The van der Waals surface area contributed by atoms with Crippen molar-refractivity contribution >= 4 is 12.6 Å². The van der Waals surface area contributed by atoms with Crippen molar-refractivity contribution in [2.24, 2.45) is 0 Å². The van der Waals surface area contributed by atoms with Crippen molar-refractivity contribution in [1.82, 2.24) is 14.5 Å². The number of nitrogens with zero attached hydrogens (tertiary/aromatic N) is 1. The second-order valence-corrected chi connectivity index (χ2v) is 3.93. The van der Waals surface area contributed by atoms with E-state index >= 15 is 0 Å². The predicted molar refractivity (Wildman–Crippen MR) is 64.3 cm³/mol. The van der Waals surface area contributed by atoms with Crippen LogP contribution in [0.5, 0.6) is 0 Å². The molecule has 0 aliphatic heterocycles. The zero-order valence-corrected chi connectivity index (χ0v) is 9.76. The van der Waals surface area contributed by atoms with Gasteiger partial charge in [0.2, 0.25) is 0 Å². The highest BCUT2D eigenvalue weighted by Crippen LogP contribution is 2.00. The third-order valence-corrected chi connectivity index (χ3v) is 2.54. The fraction of sp³-hybridized carbons (Fsp3) is 0.667. The maximum absolute atomic E-state index is 11.3. The van der Waals surface area contributed by atoms with E-state index in [9.17, 15) is 14.4 Å². The van der Waals surface area contributed by atoms with Crippen LogP contribution in [0.2, 0.25) is 0 Å². The van der Waals surface area contributed by atoms with Crippen LogP contribution < -0.4 is 17.1 Å². The van der Waals surface area contributed by atoms with Gasteiger partial charge in [-0.1, -0.05) is 12.8 Å². The lowest BCUT2D eigenvalue weighted by molar-refractivity contribution is 0.535. The van der Waals surface area contributed by atoms with Crippen molar-refractivity contribution in [3.05, 3.63) is 31.5 Å². The number of aromatic nitrogens is 3. The second-order valence-electron chi connectivity index (χ2n) is 3.48. The van der Waals surface area contributed by atoms with Gasteiger partial charge in [-0.2, -0.15) is 12.6 Å². The van der Waals surface area contributed by atoms with Gasteiger partial charge in [-0.15, -0.1) is 0 Å². The molecule has 0 fully saturated rings. The van der Waals surface area contributed by atoms with E-state index in [4.69, 9.17) is 0 Å². The lowest BCUT2D eigenvalue weighted by Gasteiger charge is -2.02. The number of hydrogen-bond acceptors (Lipinski definition) is 4. The molecule has 0 aliphatic carbocycles. The number of rotatable bonds is 6. The van der Waals surface area contributed by atoms with Gasteiger partial charge in [-0.3, -0.25) is 9.97 Å². The molecule has 1 rings (SSSR count). The summed E-state index contributed by atoms with van der Waals surface area (Å²) in [4.78, 5) is 37.3. The van der Waals surface area contributed by atoms with Crippen molar-refractivity contribution < 1.29 is 0 Å². The number of H-pyrrole nitrogens is 2. The average Bonchev–Trinajstić information content (AvgIpc) is 2.20. The Morgan fingerprint density at radius 3 is 2.06 bits per heavy atom. The Kier molecular flexibility index (Phi) is 5.10. The van der Waals surface area contributed by atoms with E-state index in [1.54, 1.807) is 0 Å². The van der Waals surface area contributed by atoms with Gasteiger partial charge < -0.3 is 0 Å². The first-order chi connectivity index (χ1) is 7.65. The Bertz CT molecular complexity index is 454. The first-order valence-corrected chi connectivity index (χ1v) is 5.82. The van der Waals surface area contributed by atoms with Crippen LogP contribution in [0.25, 0.3) is 0 Å². The summed E-state index contributed by atoms with van der Waals surface area (Å²) in [6.07, 6.45) is 3.73. The molecule has 0 radical (unpaired) electrons. The van der Waals surface area contributed by atoms with Crippen LogP contribution in [0.1, 0.15) is 25.7 Å². The van der Waals surface area contributed by atoms with Crippen LogP contribution in [0.15, 0.2) is 14.4 Å². The largest absolute Gasteiger partial charge is 0.333 e. The molecular formula is C9H15N3O3S. The van der Waals surface area contributed by atoms with Gasteiger partial charge in [0.15, 0.2) is 0 Å². The van der Waals surface area contributed by atoms with Crippen LogP contribution in [-0.2, 0) is 6.54 Å². The number of aromatic amines is 2. The van der Waals surface area contributed by atoms with Crippen LogP contribution in [0.3, 0.4) is 0 Å². The quantitative estimate of drug-likeness (QED) is 0.475. The Morgan fingerprint density at radius 2 is 1.50 bits per heavy atom. The highest BCUT2D eigenvalue weighted by atomic mass is 32.1. The summed E-state index contributed by atoms with van der Waals surface area (Å²) < 4.78 is 1.00. The molecule has 0 bridgehead atoms. The van der Waals surface area contributed by atoms with Crippen molar-refractivity contribution in [3.63, 3.8) is 0 Å². The molecule has 90 valence electrons. The standard InChI is InChI=1S/C9H15N3O3S/c13-7-10-8(14)12(9(15)11-7)5-3-1-2-4-6-16/h16H,1-6H2,(H2,10,11,13,14,15). The maximum atomic E-state index is 11.3. The summed E-state index contributed by atoms with van der Waals surface area (Å²) in [5.74, 6) is 0.846. The van der Waals surface area contributed by atoms with Crippen LogP contribution in [0.4, 0.5) is 0 Å². The van der Waals surface area contributed by atoms with Gasteiger partial charge in [0.1, 0.15) is 0 Å². The monoisotopic (exact) mass is 245 g/mol. The minimum atomic E-state index is -0.763. The molecule has 0 saturated carbocycles. The van der Waals surface area contributed by atoms with Gasteiger partial charge in [0.25, 0.3) is 0 Å². The third-order valence-electron chi connectivity index (χ3n) is 2.22. The third kappa shape index (κ3) is 3.73. The molecule has 0 spiro atoms. The fourth-order valence-electron chi connectivity index (χ4n) is 1.39. The molecule has 0 unspecified atom stereocenters. The summed E-state index contributed by atoms with van der Waals surface area (Å²) in [6.45, 7) is 0.331. The average molecular weight is 245 g/mol. The number of unbranched alkanes of at least 4 members (excludes halogenated alkanes) is 3. The Hall–Kier alpha value is -1.24. The van der Waals surface area contributed by atoms with E-state index in [0.717, 1.165) is 36.0 Å². The molecule has 0 atom stereocenters. The molecule has 2 N–H and O–H groups in total. The molecule has 0 amide bonds. The molecule has 7 heteroatoms. The second kappa shape index (κ2) is 6.37. The van der Waals surface area contributed by atoms with Crippen LogP contribution >= 0.6 is 12.6 Å². The Labute approximate surface area is 97.1 Å². The summed E-state index contributed by atoms with van der Waals surface area (Å²) in [7, 11) is 0. The summed E-state index contributed by atoms with van der Waals surface area (Å²) in [5.41, 5.74) is -2.06. The minimum Gasteiger partial charge on any atom is -0.259 e. The van der Waals surface area contributed by atoms with Crippen LogP contribution in [0, 0.1) is 0 Å². The molecule has 1 heterocycles. The summed E-state index contributed by atoms with van der Waals surface area (Å²) in [5, 5.41) is 0. The highest BCUT2D eigenvalue weighted by Gasteiger charge is 2.01. The summed E-state index contributed by atoms with van der Waals surface area (Å²) in [6, 6.07) is 0. The molecule has 6 nitrogen and oxygen atoms in total. The lowest BCUT2D eigenvalue weighted by Crippen LogP contribution is -2.43. The van der Waals surface area contributed by atoms with E-state index in [1.165, 1.54) is 0 Å². The van der Waals surface area contributed by atoms with Gasteiger partial charge in [0.05, 0.1) is 0 Å². The van der Waals surface area contributed by atoms with Gasteiger partial charge in [-0.25, -0.2) is 19.0 Å². The van der Waals surface area contributed by atoms with E-state index < -0.39 is 17.1 Å². The van der Waals surface area contributed by atoms with Crippen molar-refractivity contribution in [3.8, 4) is 0 Å². The smallest absolute Gasteiger partial charge is 0.259 e.